The molecule has 0 heterocycles. The van der Waals surface area contributed by atoms with E-state index in [1.807, 2.05) is 6.26 Å². The fourth-order valence-electron chi connectivity index (χ4n) is 1.07. The molecule has 0 aliphatic carbocycles. The Bertz CT molecular complexity index is 234. The zero-order chi connectivity index (χ0) is 12.6. The average Bonchev–Trinajstić information content (AvgIpc) is 2.25. The molecule has 0 saturated carbocycles. The van der Waals surface area contributed by atoms with Crippen molar-refractivity contribution in [3.8, 4) is 0 Å². The molecule has 0 aliphatic rings. The Hall–Kier alpha value is -0.790. The van der Waals surface area contributed by atoms with Crippen LogP contribution in [-0.2, 0) is 14.3 Å². The first kappa shape index (κ1) is 15.2. The highest BCUT2D eigenvalue weighted by atomic mass is 32.2. The Morgan fingerprint density at radius 3 is 2.56 bits per heavy atom. The second-order valence-corrected chi connectivity index (χ2v) is 4.13. The molecule has 0 fully saturated rings. The maximum absolute atomic E-state index is 11.5. The van der Waals surface area contributed by atoms with Crippen molar-refractivity contribution in [2.75, 3.05) is 25.7 Å². The Balaban J connectivity index is 4.27. The SMILES string of the molecule is COC(CN)C(=O)N[C@@H](CCSC)C(=O)O. The molecule has 0 aliphatic heterocycles. The van der Waals surface area contributed by atoms with Gasteiger partial charge in [0.05, 0.1) is 0 Å². The van der Waals surface area contributed by atoms with Gasteiger partial charge in [-0.2, -0.15) is 11.8 Å². The number of nitrogens with one attached hydrogen (secondary N) is 1. The molecule has 1 unspecified atom stereocenters. The zero-order valence-electron chi connectivity index (χ0n) is 9.43. The normalized spacial score (nSPS) is 14.2. The molecule has 0 spiro atoms. The summed E-state index contributed by atoms with van der Waals surface area (Å²) in [6.45, 7) is 0.0250. The number of carbonyl (C=O) groups is 2. The monoisotopic (exact) mass is 250 g/mol. The lowest BCUT2D eigenvalue weighted by Gasteiger charge is -2.18. The summed E-state index contributed by atoms with van der Waals surface area (Å²) in [5.74, 6) is -0.870. The Morgan fingerprint density at radius 2 is 2.19 bits per heavy atom. The second kappa shape index (κ2) is 8.37. The van der Waals surface area contributed by atoms with E-state index >= 15 is 0 Å². The summed E-state index contributed by atoms with van der Waals surface area (Å²) in [5.41, 5.74) is 5.30. The van der Waals surface area contributed by atoms with E-state index in [0.717, 1.165) is 0 Å². The minimum atomic E-state index is -1.05. The number of carboxylic acids is 1. The third kappa shape index (κ3) is 5.34. The minimum Gasteiger partial charge on any atom is -0.480 e. The number of hydrogen-bond acceptors (Lipinski definition) is 5. The Labute approximate surface area is 98.9 Å². The van der Waals surface area contributed by atoms with Crippen LogP contribution in [0.15, 0.2) is 0 Å². The van der Waals surface area contributed by atoms with E-state index in [1.165, 1.54) is 18.9 Å². The fraction of sp³-hybridized carbons (Fsp3) is 0.778. The summed E-state index contributed by atoms with van der Waals surface area (Å²) < 4.78 is 4.81. The fourth-order valence-corrected chi connectivity index (χ4v) is 1.54. The molecule has 0 aromatic heterocycles. The van der Waals surface area contributed by atoms with Crippen LogP contribution in [0.3, 0.4) is 0 Å². The Morgan fingerprint density at radius 1 is 1.56 bits per heavy atom. The maximum Gasteiger partial charge on any atom is 0.326 e. The molecule has 0 saturated heterocycles. The first-order valence-electron chi connectivity index (χ1n) is 4.81. The van der Waals surface area contributed by atoms with Crippen molar-refractivity contribution in [1.82, 2.24) is 5.32 Å². The van der Waals surface area contributed by atoms with Gasteiger partial charge < -0.3 is 20.9 Å². The van der Waals surface area contributed by atoms with Crippen LogP contribution in [0.25, 0.3) is 0 Å². The summed E-state index contributed by atoms with van der Waals surface area (Å²) in [7, 11) is 1.36. The van der Waals surface area contributed by atoms with Gasteiger partial charge in [-0.1, -0.05) is 0 Å². The van der Waals surface area contributed by atoms with Crippen LogP contribution >= 0.6 is 11.8 Å². The third-order valence-electron chi connectivity index (χ3n) is 2.02. The van der Waals surface area contributed by atoms with Crippen molar-refractivity contribution in [3.05, 3.63) is 0 Å². The molecule has 16 heavy (non-hydrogen) atoms. The highest BCUT2D eigenvalue weighted by Gasteiger charge is 2.23. The highest BCUT2D eigenvalue weighted by Crippen LogP contribution is 2.01. The number of ether oxygens (including phenoxy) is 1. The number of amides is 1. The first-order chi connectivity index (χ1) is 7.56. The molecular formula is C9H18N2O4S. The van der Waals surface area contributed by atoms with Gasteiger partial charge in [-0.3, -0.25) is 4.79 Å². The highest BCUT2D eigenvalue weighted by molar-refractivity contribution is 7.98. The van der Waals surface area contributed by atoms with Crippen LogP contribution in [0, 0.1) is 0 Å². The van der Waals surface area contributed by atoms with E-state index in [-0.39, 0.29) is 6.54 Å². The van der Waals surface area contributed by atoms with Crippen molar-refractivity contribution in [2.45, 2.75) is 18.6 Å². The van der Waals surface area contributed by atoms with Gasteiger partial charge in [0.1, 0.15) is 12.1 Å². The number of rotatable bonds is 8. The van der Waals surface area contributed by atoms with Gasteiger partial charge in [0, 0.05) is 13.7 Å². The van der Waals surface area contributed by atoms with Crippen LogP contribution in [-0.4, -0.2) is 54.8 Å². The van der Waals surface area contributed by atoms with E-state index in [2.05, 4.69) is 5.32 Å². The number of methoxy groups -OCH3 is 1. The van der Waals surface area contributed by atoms with Crippen LogP contribution in [0.1, 0.15) is 6.42 Å². The van der Waals surface area contributed by atoms with Crippen LogP contribution in [0.4, 0.5) is 0 Å². The van der Waals surface area contributed by atoms with E-state index in [0.29, 0.717) is 12.2 Å². The first-order valence-corrected chi connectivity index (χ1v) is 6.21. The minimum absolute atomic E-state index is 0.0250. The molecule has 0 aromatic carbocycles. The molecule has 0 rings (SSSR count). The van der Waals surface area contributed by atoms with E-state index in [9.17, 15) is 9.59 Å². The van der Waals surface area contributed by atoms with Crippen molar-refractivity contribution in [2.24, 2.45) is 5.73 Å². The van der Waals surface area contributed by atoms with Gasteiger partial charge in [0.2, 0.25) is 0 Å². The summed E-state index contributed by atoms with van der Waals surface area (Å²) in [6.07, 6.45) is 1.46. The second-order valence-electron chi connectivity index (χ2n) is 3.14. The topological polar surface area (TPSA) is 102 Å². The molecule has 94 valence electrons. The predicted octanol–water partition coefficient (Wildman–Crippen LogP) is -0.717. The molecule has 0 aromatic rings. The molecule has 6 nitrogen and oxygen atoms in total. The lowest BCUT2D eigenvalue weighted by Crippen LogP contribution is -2.48. The number of thioether (sulfide) groups is 1. The number of carbonyl (C=O) groups excluding carboxylic acids is 1. The number of hydrogen-bond donors (Lipinski definition) is 3. The molecule has 0 radical (unpaired) electrons. The van der Waals surface area contributed by atoms with E-state index in [4.69, 9.17) is 15.6 Å². The van der Waals surface area contributed by atoms with Gasteiger partial charge >= 0.3 is 5.97 Å². The van der Waals surface area contributed by atoms with Crippen molar-refractivity contribution < 1.29 is 19.4 Å². The molecule has 0 bridgehead atoms. The molecular weight excluding hydrogens is 232 g/mol. The summed E-state index contributed by atoms with van der Waals surface area (Å²) in [5, 5.41) is 11.3. The lowest BCUT2D eigenvalue weighted by atomic mass is 10.2. The summed E-state index contributed by atoms with van der Waals surface area (Å²) in [6, 6.07) is -0.885. The molecule has 1 amide bonds. The molecule has 2 atom stereocenters. The van der Waals surface area contributed by atoms with E-state index < -0.39 is 24.0 Å². The molecule has 4 N–H and O–H groups in total. The predicted molar refractivity (Wildman–Crippen MR) is 62.4 cm³/mol. The molecule has 7 heteroatoms. The van der Waals surface area contributed by atoms with Crippen molar-refractivity contribution in [1.29, 1.82) is 0 Å². The van der Waals surface area contributed by atoms with Gasteiger partial charge in [-0.15, -0.1) is 0 Å². The standard InChI is InChI=1S/C9H18N2O4S/c1-15-7(5-10)8(12)11-6(9(13)14)3-4-16-2/h6-7H,3-5,10H2,1-2H3,(H,11,12)(H,13,14)/t6-,7?/m0/s1. The van der Waals surface area contributed by atoms with E-state index in [1.54, 1.807) is 0 Å². The van der Waals surface area contributed by atoms with Crippen LogP contribution in [0.2, 0.25) is 0 Å². The maximum atomic E-state index is 11.5. The van der Waals surface area contributed by atoms with Crippen molar-refractivity contribution in [3.63, 3.8) is 0 Å². The number of nitrogens with two attached hydrogens (primary N) is 1. The quantitative estimate of drug-likeness (QED) is 0.525. The zero-order valence-corrected chi connectivity index (χ0v) is 10.3. The number of carboxylic acid groups (broad SMARTS) is 1. The summed E-state index contributed by atoms with van der Waals surface area (Å²) >= 11 is 1.52. The number of aliphatic carboxylic acids is 1. The summed E-state index contributed by atoms with van der Waals surface area (Å²) in [4.78, 5) is 22.3. The van der Waals surface area contributed by atoms with Crippen molar-refractivity contribution >= 4 is 23.6 Å². The van der Waals surface area contributed by atoms with Gasteiger partial charge in [0.25, 0.3) is 5.91 Å². The van der Waals surface area contributed by atoms with Gasteiger partial charge in [-0.05, 0) is 18.4 Å². The van der Waals surface area contributed by atoms with Crippen LogP contribution < -0.4 is 11.1 Å². The van der Waals surface area contributed by atoms with Gasteiger partial charge in [0.15, 0.2) is 0 Å². The largest absolute Gasteiger partial charge is 0.480 e. The average molecular weight is 250 g/mol. The Kier molecular flexibility index (Phi) is 7.96. The van der Waals surface area contributed by atoms with Crippen LogP contribution in [0.5, 0.6) is 0 Å². The smallest absolute Gasteiger partial charge is 0.326 e. The lowest BCUT2D eigenvalue weighted by molar-refractivity contribution is -0.143. The third-order valence-corrected chi connectivity index (χ3v) is 2.66. The van der Waals surface area contributed by atoms with Gasteiger partial charge in [-0.25, -0.2) is 4.79 Å².